The van der Waals surface area contributed by atoms with Crippen LogP contribution in [0.25, 0.3) is 10.9 Å². The van der Waals surface area contributed by atoms with E-state index in [4.69, 9.17) is 0 Å². The molecule has 3 heteroatoms. The van der Waals surface area contributed by atoms with Gasteiger partial charge >= 0.3 is 0 Å². The Balaban J connectivity index is 1.86. The van der Waals surface area contributed by atoms with E-state index in [9.17, 15) is 0 Å². The Hall–Kier alpha value is -2.29. The second kappa shape index (κ2) is 4.76. The quantitative estimate of drug-likeness (QED) is 0.743. The smallest absolute Gasteiger partial charge is 0.0881 e. The van der Waals surface area contributed by atoms with Gasteiger partial charge in [-0.3, -0.25) is 5.10 Å². The Labute approximate surface area is 112 Å². The molecular weight excluding hydrogens is 234 g/mol. The van der Waals surface area contributed by atoms with E-state index in [-0.39, 0.29) is 0 Å². The number of anilines is 1. The predicted molar refractivity (Wildman–Crippen MR) is 79.3 cm³/mol. The second-order valence-corrected chi connectivity index (χ2v) is 4.92. The molecule has 0 spiro atoms. The number of rotatable bonds is 3. The molecule has 96 valence electrons. The molecule has 0 saturated heterocycles. The van der Waals surface area contributed by atoms with Gasteiger partial charge in [-0.05, 0) is 31.0 Å². The van der Waals surface area contributed by atoms with Crippen LogP contribution in [0.5, 0.6) is 0 Å². The summed E-state index contributed by atoms with van der Waals surface area (Å²) in [6, 6.07) is 12.7. The molecule has 0 aliphatic rings. The van der Waals surface area contributed by atoms with Gasteiger partial charge in [0, 0.05) is 11.9 Å². The first-order valence-electron chi connectivity index (χ1n) is 6.46. The number of H-pyrrole nitrogens is 1. The van der Waals surface area contributed by atoms with E-state index < -0.39 is 0 Å². The number of aromatic nitrogens is 2. The summed E-state index contributed by atoms with van der Waals surface area (Å²) in [6.45, 7) is 5.09. The molecule has 2 aromatic carbocycles. The number of hydrogen-bond donors (Lipinski definition) is 2. The lowest BCUT2D eigenvalue weighted by molar-refractivity contribution is 1.09. The maximum atomic E-state index is 4.08. The number of nitrogens with zero attached hydrogens (tertiary/aromatic N) is 1. The first-order chi connectivity index (χ1) is 9.24. The largest absolute Gasteiger partial charge is 0.379 e. The first-order valence-corrected chi connectivity index (χ1v) is 6.46. The summed E-state index contributed by atoms with van der Waals surface area (Å²) >= 11 is 0. The fourth-order valence-electron chi connectivity index (χ4n) is 2.30. The van der Waals surface area contributed by atoms with Crippen LogP contribution < -0.4 is 5.32 Å². The van der Waals surface area contributed by atoms with E-state index >= 15 is 0 Å². The van der Waals surface area contributed by atoms with Crippen molar-refractivity contribution in [2.45, 2.75) is 20.4 Å². The highest BCUT2D eigenvalue weighted by atomic mass is 15.1. The van der Waals surface area contributed by atoms with E-state index in [1.54, 1.807) is 0 Å². The third kappa shape index (κ3) is 2.32. The van der Waals surface area contributed by atoms with Gasteiger partial charge in [-0.1, -0.05) is 35.9 Å². The van der Waals surface area contributed by atoms with Crippen molar-refractivity contribution in [3.63, 3.8) is 0 Å². The van der Waals surface area contributed by atoms with Gasteiger partial charge in [0.1, 0.15) is 0 Å². The van der Waals surface area contributed by atoms with Crippen LogP contribution in [-0.2, 0) is 6.54 Å². The van der Waals surface area contributed by atoms with Crippen LogP contribution >= 0.6 is 0 Å². The molecule has 1 aromatic heterocycles. The number of aryl methyl sites for hydroxylation is 2. The zero-order valence-electron chi connectivity index (χ0n) is 11.2. The van der Waals surface area contributed by atoms with Crippen LogP contribution in [0.2, 0.25) is 0 Å². The summed E-state index contributed by atoms with van der Waals surface area (Å²) in [6.07, 6.45) is 1.85. The molecule has 0 aliphatic heterocycles. The Morgan fingerprint density at radius 2 is 2.05 bits per heavy atom. The van der Waals surface area contributed by atoms with Gasteiger partial charge in [0.15, 0.2) is 0 Å². The molecule has 2 N–H and O–H groups in total. The number of benzene rings is 2. The van der Waals surface area contributed by atoms with Crippen LogP contribution in [0.3, 0.4) is 0 Å². The molecule has 3 rings (SSSR count). The van der Waals surface area contributed by atoms with Crippen LogP contribution in [0.4, 0.5) is 5.69 Å². The fraction of sp³-hybridized carbons (Fsp3) is 0.188. The molecule has 19 heavy (non-hydrogen) atoms. The van der Waals surface area contributed by atoms with Crippen LogP contribution in [0, 0.1) is 13.8 Å². The summed E-state index contributed by atoms with van der Waals surface area (Å²) in [5.74, 6) is 0. The molecule has 0 radical (unpaired) electrons. The third-order valence-electron chi connectivity index (χ3n) is 3.45. The molecule has 3 aromatic rings. The van der Waals surface area contributed by atoms with Crippen molar-refractivity contribution in [3.05, 3.63) is 59.3 Å². The van der Waals surface area contributed by atoms with Crippen molar-refractivity contribution >= 4 is 16.6 Å². The standard InChI is InChI=1S/C16H17N3/c1-11-6-7-12(2)14(8-11)9-17-15-5-3-4-13-10-18-19-16(13)15/h3-8,10,17H,9H2,1-2H3,(H,18,19). The Morgan fingerprint density at radius 1 is 1.16 bits per heavy atom. The van der Waals surface area contributed by atoms with E-state index in [2.05, 4.69) is 59.7 Å². The molecule has 0 fully saturated rings. The van der Waals surface area contributed by atoms with Crippen molar-refractivity contribution in [2.24, 2.45) is 0 Å². The number of nitrogens with one attached hydrogen (secondary N) is 2. The summed E-state index contributed by atoms with van der Waals surface area (Å²) in [5, 5.41) is 11.7. The highest BCUT2D eigenvalue weighted by Crippen LogP contribution is 2.21. The fourth-order valence-corrected chi connectivity index (χ4v) is 2.30. The monoisotopic (exact) mass is 251 g/mol. The number of fused-ring (bicyclic) bond motifs is 1. The van der Waals surface area contributed by atoms with E-state index in [0.29, 0.717) is 0 Å². The van der Waals surface area contributed by atoms with Crippen LogP contribution in [0.15, 0.2) is 42.6 Å². The summed E-state index contributed by atoms with van der Waals surface area (Å²) in [4.78, 5) is 0. The summed E-state index contributed by atoms with van der Waals surface area (Å²) in [7, 11) is 0. The molecule has 0 unspecified atom stereocenters. The number of para-hydroxylation sites is 1. The van der Waals surface area contributed by atoms with Gasteiger partial charge in [-0.25, -0.2) is 0 Å². The molecule has 0 atom stereocenters. The number of aromatic amines is 1. The van der Waals surface area contributed by atoms with Gasteiger partial charge in [0.2, 0.25) is 0 Å². The molecular formula is C16H17N3. The minimum absolute atomic E-state index is 0.825. The van der Waals surface area contributed by atoms with Gasteiger partial charge in [-0.2, -0.15) is 5.10 Å². The lowest BCUT2D eigenvalue weighted by atomic mass is 10.1. The number of hydrogen-bond acceptors (Lipinski definition) is 2. The van der Waals surface area contributed by atoms with Crippen molar-refractivity contribution in [3.8, 4) is 0 Å². The van der Waals surface area contributed by atoms with Gasteiger partial charge in [-0.15, -0.1) is 0 Å². The van der Waals surface area contributed by atoms with Crippen molar-refractivity contribution in [1.82, 2.24) is 10.2 Å². The second-order valence-electron chi connectivity index (χ2n) is 4.92. The minimum Gasteiger partial charge on any atom is -0.379 e. The average molecular weight is 251 g/mol. The third-order valence-corrected chi connectivity index (χ3v) is 3.45. The molecule has 0 aliphatic carbocycles. The normalized spacial score (nSPS) is 10.8. The molecule has 3 nitrogen and oxygen atoms in total. The predicted octanol–water partition coefficient (Wildman–Crippen LogP) is 3.79. The van der Waals surface area contributed by atoms with Crippen molar-refractivity contribution in [1.29, 1.82) is 0 Å². The van der Waals surface area contributed by atoms with Crippen molar-refractivity contribution in [2.75, 3.05) is 5.32 Å². The van der Waals surface area contributed by atoms with Crippen molar-refractivity contribution < 1.29 is 0 Å². The molecule has 0 bridgehead atoms. The van der Waals surface area contributed by atoms with Gasteiger partial charge in [0.25, 0.3) is 0 Å². The average Bonchev–Trinajstić information content (AvgIpc) is 2.88. The summed E-state index contributed by atoms with van der Waals surface area (Å²) < 4.78 is 0. The molecule has 0 amide bonds. The lowest BCUT2D eigenvalue weighted by Crippen LogP contribution is -2.02. The SMILES string of the molecule is Cc1ccc(C)c(CNc2cccc3cn[nH]c23)c1. The van der Waals surface area contributed by atoms with E-state index in [0.717, 1.165) is 23.1 Å². The Bertz CT molecular complexity index is 713. The molecule has 1 heterocycles. The lowest BCUT2D eigenvalue weighted by Gasteiger charge is -2.10. The van der Waals surface area contributed by atoms with Crippen LogP contribution in [-0.4, -0.2) is 10.2 Å². The maximum Gasteiger partial charge on any atom is 0.0881 e. The minimum atomic E-state index is 0.825. The maximum absolute atomic E-state index is 4.08. The van der Waals surface area contributed by atoms with E-state index in [1.165, 1.54) is 16.7 Å². The zero-order valence-corrected chi connectivity index (χ0v) is 11.2. The Kier molecular flexibility index (Phi) is 2.95. The highest BCUT2D eigenvalue weighted by Gasteiger charge is 2.03. The van der Waals surface area contributed by atoms with Gasteiger partial charge < -0.3 is 5.32 Å². The topological polar surface area (TPSA) is 40.7 Å². The Morgan fingerprint density at radius 3 is 2.95 bits per heavy atom. The molecule has 0 saturated carbocycles. The highest BCUT2D eigenvalue weighted by molar-refractivity contribution is 5.89. The van der Waals surface area contributed by atoms with Gasteiger partial charge in [0.05, 0.1) is 17.4 Å². The summed E-state index contributed by atoms with van der Waals surface area (Å²) in [5.41, 5.74) is 6.09. The van der Waals surface area contributed by atoms with E-state index in [1.807, 2.05) is 12.3 Å². The first kappa shape index (κ1) is 11.8. The van der Waals surface area contributed by atoms with Crippen LogP contribution in [0.1, 0.15) is 16.7 Å². The zero-order chi connectivity index (χ0) is 13.2.